The summed E-state index contributed by atoms with van der Waals surface area (Å²) < 4.78 is 5.56. The van der Waals surface area contributed by atoms with Crippen molar-refractivity contribution in [1.82, 2.24) is 5.32 Å². The lowest BCUT2D eigenvalue weighted by molar-refractivity contribution is -0.141. The van der Waals surface area contributed by atoms with Gasteiger partial charge in [-0.2, -0.15) is 0 Å². The van der Waals surface area contributed by atoms with Crippen molar-refractivity contribution in [1.29, 1.82) is 0 Å². The highest BCUT2D eigenvalue weighted by atomic mass is 16.5. The van der Waals surface area contributed by atoms with Gasteiger partial charge in [0.25, 0.3) is 0 Å². The Bertz CT molecular complexity index is 546. The van der Waals surface area contributed by atoms with Crippen molar-refractivity contribution >= 4 is 5.97 Å². The molecule has 1 aromatic rings. The van der Waals surface area contributed by atoms with E-state index in [0.717, 1.165) is 11.3 Å². The van der Waals surface area contributed by atoms with E-state index in [4.69, 9.17) is 9.84 Å². The van der Waals surface area contributed by atoms with Gasteiger partial charge in [-0.05, 0) is 41.5 Å². The molecule has 4 heteroatoms. The van der Waals surface area contributed by atoms with Crippen LogP contribution >= 0.6 is 0 Å². The molecule has 1 heterocycles. The topological polar surface area (TPSA) is 58.6 Å². The molecule has 1 aliphatic rings. The van der Waals surface area contributed by atoms with Crippen LogP contribution in [0, 0.1) is 12.8 Å². The number of rotatable bonds is 3. The van der Waals surface area contributed by atoms with Crippen molar-refractivity contribution < 1.29 is 14.6 Å². The summed E-state index contributed by atoms with van der Waals surface area (Å²) in [4.78, 5) is 11.1. The Labute approximate surface area is 126 Å². The van der Waals surface area contributed by atoms with Gasteiger partial charge in [0.15, 0.2) is 0 Å². The molecule has 0 bridgehead atoms. The maximum Gasteiger partial charge on any atom is 0.307 e. The monoisotopic (exact) mass is 291 g/mol. The van der Waals surface area contributed by atoms with Crippen LogP contribution in [0.2, 0.25) is 0 Å². The van der Waals surface area contributed by atoms with Gasteiger partial charge in [0.05, 0.1) is 13.0 Å². The predicted octanol–water partition coefficient (Wildman–Crippen LogP) is 3.04. The minimum absolute atomic E-state index is 0.0152. The van der Waals surface area contributed by atoms with E-state index >= 15 is 0 Å². The summed E-state index contributed by atoms with van der Waals surface area (Å²) in [5.74, 6) is -0.146. The third-order valence-corrected chi connectivity index (χ3v) is 4.25. The number of hydrogen-bond acceptors (Lipinski definition) is 3. The molecule has 1 aromatic carbocycles. The van der Waals surface area contributed by atoms with E-state index < -0.39 is 5.97 Å². The molecule has 1 saturated heterocycles. The maximum atomic E-state index is 11.1. The summed E-state index contributed by atoms with van der Waals surface area (Å²) in [7, 11) is 1.69. The largest absolute Gasteiger partial charge is 0.496 e. The van der Waals surface area contributed by atoms with Gasteiger partial charge in [-0.1, -0.05) is 26.8 Å². The average molecular weight is 291 g/mol. The van der Waals surface area contributed by atoms with E-state index in [0.29, 0.717) is 13.0 Å². The van der Waals surface area contributed by atoms with E-state index in [9.17, 15) is 4.79 Å². The van der Waals surface area contributed by atoms with Crippen LogP contribution in [-0.2, 0) is 10.2 Å². The van der Waals surface area contributed by atoms with Crippen LogP contribution in [0.25, 0.3) is 0 Å². The number of aliphatic carboxylic acids is 1. The summed E-state index contributed by atoms with van der Waals surface area (Å²) in [5, 5.41) is 12.5. The Morgan fingerprint density at radius 2 is 2.05 bits per heavy atom. The zero-order valence-electron chi connectivity index (χ0n) is 13.5. The Balaban J connectivity index is 2.36. The van der Waals surface area contributed by atoms with E-state index in [2.05, 4.69) is 45.1 Å². The van der Waals surface area contributed by atoms with Crippen molar-refractivity contribution in [3.05, 3.63) is 28.8 Å². The molecule has 0 spiro atoms. The van der Waals surface area contributed by atoms with Crippen LogP contribution < -0.4 is 10.1 Å². The Hall–Kier alpha value is -1.55. The average Bonchev–Trinajstić information content (AvgIpc) is 2.87. The van der Waals surface area contributed by atoms with Crippen LogP contribution in [0.3, 0.4) is 0 Å². The molecule has 2 atom stereocenters. The van der Waals surface area contributed by atoms with Gasteiger partial charge < -0.3 is 15.2 Å². The van der Waals surface area contributed by atoms with Crippen molar-refractivity contribution in [2.45, 2.75) is 45.6 Å². The van der Waals surface area contributed by atoms with Crippen LogP contribution in [0.15, 0.2) is 12.1 Å². The molecule has 116 valence electrons. The number of ether oxygens (including phenoxy) is 1. The molecule has 0 aliphatic carbocycles. The van der Waals surface area contributed by atoms with Crippen LogP contribution in [-0.4, -0.2) is 24.7 Å². The van der Waals surface area contributed by atoms with E-state index in [1.807, 2.05) is 0 Å². The van der Waals surface area contributed by atoms with Crippen LogP contribution in [0.4, 0.5) is 0 Å². The number of nitrogens with one attached hydrogen (secondary N) is 1. The molecule has 2 unspecified atom stereocenters. The minimum atomic E-state index is -0.721. The fourth-order valence-electron chi connectivity index (χ4n) is 2.99. The molecule has 0 amide bonds. The molecule has 21 heavy (non-hydrogen) atoms. The van der Waals surface area contributed by atoms with Gasteiger partial charge in [0.2, 0.25) is 0 Å². The summed E-state index contributed by atoms with van der Waals surface area (Å²) in [5.41, 5.74) is 3.52. The molecule has 2 N–H and O–H groups in total. The minimum Gasteiger partial charge on any atom is -0.496 e. The van der Waals surface area contributed by atoms with Crippen molar-refractivity contribution in [3.8, 4) is 5.75 Å². The van der Waals surface area contributed by atoms with Crippen LogP contribution in [0.5, 0.6) is 5.75 Å². The normalized spacial score (nSPS) is 22.3. The number of aryl methyl sites for hydroxylation is 1. The zero-order chi connectivity index (χ0) is 15.8. The first kappa shape index (κ1) is 15.8. The Morgan fingerprint density at radius 3 is 2.52 bits per heavy atom. The standard InChI is InChI=1S/C17H25NO3/c1-10-6-13(17(2,3)4)15(21-5)8-12(10)14-7-11(9-18-14)16(19)20/h6,8,11,14,18H,7,9H2,1-5H3,(H,19,20). The zero-order valence-corrected chi connectivity index (χ0v) is 13.5. The van der Waals surface area contributed by atoms with Gasteiger partial charge in [-0.25, -0.2) is 0 Å². The first-order valence-corrected chi connectivity index (χ1v) is 7.39. The number of carbonyl (C=O) groups is 1. The first-order chi connectivity index (χ1) is 9.74. The van der Waals surface area contributed by atoms with E-state index in [1.54, 1.807) is 7.11 Å². The summed E-state index contributed by atoms with van der Waals surface area (Å²) in [6, 6.07) is 4.33. The van der Waals surface area contributed by atoms with Crippen molar-refractivity contribution in [2.75, 3.05) is 13.7 Å². The summed E-state index contributed by atoms with van der Waals surface area (Å²) in [6.07, 6.45) is 0.633. The second-order valence-electron chi connectivity index (χ2n) is 6.89. The third kappa shape index (κ3) is 3.21. The fourth-order valence-corrected chi connectivity index (χ4v) is 2.99. The first-order valence-electron chi connectivity index (χ1n) is 7.39. The van der Waals surface area contributed by atoms with E-state index in [1.165, 1.54) is 11.1 Å². The highest BCUT2D eigenvalue weighted by molar-refractivity contribution is 5.71. The number of benzene rings is 1. The lowest BCUT2D eigenvalue weighted by Crippen LogP contribution is -2.18. The van der Waals surface area contributed by atoms with Crippen molar-refractivity contribution in [2.24, 2.45) is 5.92 Å². The molecule has 0 saturated carbocycles. The molecular weight excluding hydrogens is 266 g/mol. The number of carboxylic acid groups (broad SMARTS) is 1. The second-order valence-corrected chi connectivity index (χ2v) is 6.89. The van der Waals surface area contributed by atoms with E-state index in [-0.39, 0.29) is 17.4 Å². The fraction of sp³-hybridized carbons (Fsp3) is 0.588. The van der Waals surface area contributed by atoms with Gasteiger partial charge in [0.1, 0.15) is 5.75 Å². The lowest BCUT2D eigenvalue weighted by Gasteiger charge is -2.25. The predicted molar refractivity (Wildman–Crippen MR) is 82.9 cm³/mol. The third-order valence-electron chi connectivity index (χ3n) is 4.25. The van der Waals surface area contributed by atoms with Gasteiger partial charge in [0, 0.05) is 12.6 Å². The highest BCUT2D eigenvalue weighted by Crippen LogP contribution is 2.37. The number of hydrogen-bond donors (Lipinski definition) is 2. The smallest absolute Gasteiger partial charge is 0.307 e. The Kier molecular flexibility index (Phi) is 4.28. The molecule has 0 aromatic heterocycles. The van der Waals surface area contributed by atoms with Gasteiger partial charge >= 0.3 is 5.97 Å². The lowest BCUT2D eigenvalue weighted by atomic mass is 9.83. The quantitative estimate of drug-likeness (QED) is 0.898. The number of carboxylic acids is 1. The van der Waals surface area contributed by atoms with Crippen molar-refractivity contribution in [3.63, 3.8) is 0 Å². The molecule has 1 fully saturated rings. The van der Waals surface area contributed by atoms with Crippen LogP contribution in [0.1, 0.15) is 49.9 Å². The summed E-state index contributed by atoms with van der Waals surface area (Å²) in [6.45, 7) is 9.11. The molecule has 1 aliphatic heterocycles. The maximum absolute atomic E-state index is 11.1. The highest BCUT2D eigenvalue weighted by Gasteiger charge is 2.32. The van der Waals surface area contributed by atoms with Gasteiger partial charge in [-0.3, -0.25) is 4.79 Å². The molecule has 0 radical (unpaired) electrons. The molecule has 4 nitrogen and oxygen atoms in total. The number of methoxy groups -OCH3 is 1. The summed E-state index contributed by atoms with van der Waals surface area (Å²) >= 11 is 0. The van der Waals surface area contributed by atoms with Gasteiger partial charge in [-0.15, -0.1) is 0 Å². The second kappa shape index (κ2) is 5.68. The molecular formula is C17H25NO3. The SMILES string of the molecule is COc1cc(C2CC(C(=O)O)CN2)c(C)cc1C(C)(C)C. The Morgan fingerprint density at radius 1 is 1.38 bits per heavy atom. The molecule has 2 rings (SSSR count).